The van der Waals surface area contributed by atoms with Crippen LogP contribution in [0.1, 0.15) is 33.3 Å². The number of aryl methyl sites for hydroxylation is 1. The highest BCUT2D eigenvalue weighted by Gasteiger charge is 2.52. The number of nitrogens with zero attached hydrogens (tertiary/aromatic N) is 1. The van der Waals surface area contributed by atoms with Gasteiger partial charge in [0.2, 0.25) is 10.0 Å². The zero-order valence-corrected chi connectivity index (χ0v) is 15.2. The Bertz CT molecular complexity index is 867. The zero-order chi connectivity index (χ0) is 17.2. The van der Waals surface area contributed by atoms with Crippen LogP contribution in [0.4, 0.5) is 0 Å². The molecule has 1 aromatic carbocycles. The molecule has 2 heterocycles. The number of aromatic nitrogens is 1. The van der Waals surface area contributed by atoms with Crippen molar-refractivity contribution in [3.63, 3.8) is 0 Å². The Hall–Kier alpha value is -1.31. The van der Waals surface area contributed by atoms with Crippen molar-refractivity contribution >= 4 is 33.5 Å². The van der Waals surface area contributed by atoms with Gasteiger partial charge in [-0.05, 0) is 57.8 Å². The van der Waals surface area contributed by atoms with E-state index in [0.717, 1.165) is 16.4 Å². The Morgan fingerprint density at radius 2 is 1.65 bits per heavy atom. The summed E-state index contributed by atoms with van der Waals surface area (Å²) in [5.41, 5.74) is 1.60. The summed E-state index contributed by atoms with van der Waals surface area (Å²) in [6.45, 7) is 9.94. The van der Waals surface area contributed by atoms with Gasteiger partial charge in [0.1, 0.15) is 0 Å². The van der Waals surface area contributed by atoms with Gasteiger partial charge in [-0.25, -0.2) is 12.4 Å². The van der Waals surface area contributed by atoms with Gasteiger partial charge in [0.05, 0.1) is 23.0 Å². The molecule has 0 unspecified atom stereocenters. The summed E-state index contributed by atoms with van der Waals surface area (Å²) in [5, 5.41) is 0.833. The van der Waals surface area contributed by atoms with E-state index in [1.807, 2.05) is 46.8 Å². The highest BCUT2D eigenvalue weighted by molar-refractivity contribution is 7.89. The van der Waals surface area contributed by atoms with Crippen molar-refractivity contribution in [2.24, 2.45) is 0 Å². The molecule has 1 aromatic heterocycles. The molecule has 1 saturated heterocycles. The van der Waals surface area contributed by atoms with Gasteiger partial charge in [-0.2, -0.15) is 0 Å². The minimum atomic E-state index is -3.35. The standard InChI is InChI=1S/C16H22BNO4S/c1-11-9-13(17-21-15(2,3)16(4,5)22-17)12-7-8-18(14(12)10-11)23(6,19)20/h7-10H,1-6H3. The van der Waals surface area contributed by atoms with Crippen LogP contribution in [0.5, 0.6) is 0 Å². The van der Waals surface area contributed by atoms with Crippen molar-refractivity contribution < 1.29 is 17.7 Å². The summed E-state index contributed by atoms with van der Waals surface area (Å²) in [5.74, 6) is 0. The maximum Gasteiger partial charge on any atom is 0.495 e. The van der Waals surface area contributed by atoms with Gasteiger partial charge < -0.3 is 9.31 Å². The molecule has 0 saturated carbocycles. The first kappa shape index (κ1) is 16.5. The Labute approximate surface area is 137 Å². The van der Waals surface area contributed by atoms with Crippen molar-refractivity contribution in [3.8, 4) is 0 Å². The van der Waals surface area contributed by atoms with Crippen LogP contribution in [0, 0.1) is 6.92 Å². The Morgan fingerprint density at radius 3 is 2.17 bits per heavy atom. The first-order valence-electron chi connectivity index (χ1n) is 7.60. The summed E-state index contributed by atoms with van der Waals surface area (Å²) in [7, 11) is -3.87. The maximum absolute atomic E-state index is 12.0. The largest absolute Gasteiger partial charge is 0.495 e. The molecule has 0 radical (unpaired) electrons. The summed E-state index contributed by atoms with van der Waals surface area (Å²) in [6.07, 6.45) is 2.78. The molecule has 0 spiro atoms. The summed E-state index contributed by atoms with van der Waals surface area (Å²) >= 11 is 0. The van der Waals surface area contributed by atoms with Gasteiger partial charge in [-0.1, -0.05) is 6.07 Å². The molecular formula is C16H22BNO4S. The van der Waals surface area contributed by atoms with Crippen LogP contribution in [0.3, 0.4) is 0 Å². The van der Waals surface area contributed by atoms with Crippen molar-refractivity contribution in [2.75, 3.05) is 6.26 Å². The average Bonchev–Trinajstić information content (AvgIpc) is 2.87. The monoisotopic (exact) mass is 335 g/mol. The fraction of sp³-hybridized carbons (Fsp3) is 0.500. The second-order valence-electron chi connectivity index (χ2n) is 7.25. The Kier molecular flexibility index (Phi) is 3.49. The minimum absolute atomic E-state index is 0.437. The minimum Gasteiger partial charge on any atom is -0.399 e. The van der Waals surface area contributed by atoms with Crippen LogP contribution in [0.25, 0.3) is 10.9 Å². The summed E-state index contributed by atoms with van der Waals surface area (Å²) < 4.78 is 37.5. The fourth-order valence-corrected chi connectivity index (χ4v) is 3.64. The molecule has 0 atom stereocenters. The molecule has 7 heteroatoms. The van der Waals surface area contributed by atoms with E-state index >= 15 is 0 Å². The molecule has 2 aromatic rings. The highest BCUT2D eigenvalue weighted by atomic mass is 32.2. The highest BCUT2D eigenvalue weighted by Crippen LogP contribution is 2.37. The smallest absolute Gasteiger partial charge is 0.399 e. The van der Waals surface area contributed by atoms with Gasteiger partial charge in [0, 0.05) is 11.6 Å². The van der Waals surface area contributed by atoms with E-state index in [0.29, 0.717) is 5.52 Å². The van der Waals surface area contributed by atoms with E-state index in [9.17, 15) is 8.42 Å². The molecule has 1 aliphatic rings. The predicted molar refractivity (Wildman–Crippen MR) is 92.6 cm³/mol. The number of benzene rings is 1. The van der Waals surface area contributed by atoms with E-state index in [2.05, 4.69) is 0 Å². The Balaban J connectivity index is 2.19. The van der Waals surface area contributed by atoms with E-state index < -0.39 is 28.3 Å². The molecular weight excluding hydrogens is 313 g/mol. The van der Waals surface area contributed by atoms with Crippen molar-refractivity contribution in [3.05, 3.63) is 30.0 Å². The SMILES string of the molecule is Cc1cc(B2OC(C)(C)C(C)(C)O2)c2ccn(S(C)(=O)=O)c2c1. The average molecular weight is 335 g/mol. The number of hydrogen-bond acceptors (Lipinski definition) is 4. The van der Waals surface area contributed by atoms with Gasteiger partial charge in [0.15, 0.2) is 0 Å². The first-order valence-corrected chi connectivity index (χ1v) is 9.45. The molecule has 1 aliphatic heterocycles. The first-order chi connectivity index (χ1) is 10.4. The van der Waals surface area contributed by atoms with Crippen LogP contribution in [-0.2, 0) is 19.3 Å². The van der Waals surface area contributed by atoms with Crippen molar-refractivity contribution in [1.29, 1.82) is 0 Å². The van der Waals surface area contributed by atoms with Crippen LogP contribution in [0.2, 0.25) is 0 Å². The summed E-state index contributed by atoms with van der Waals surface area (Å²) in [6, 6.07) is 5.67. The van der Waals surface area contributed by atoms with E-state index in [-0.39, 0.29) is 0 Å². The normalized spacial score (nSPS) is 20.3. The third-order valence-electron chi connectivity index (χ3n) is 4.81. The fourth-order valence-electron chi connectivity index (χ4n) is 2.85. The molecule has 124 valence electrons. The van der Waals surface area contributed by atoms with Crippen LogP contribution >= 0.6 is 0 Å². The maximum atomic E-state index is 12.0. The number of fused-ring (bicyclic) bond motifs is 1. The zero-order valence-electron chi connectivity index (χ0n) is 14.4. The van der Waals surface area contributed by atoms with Gasteiger partial charge in [0.25, 0.3) is 0 Å². The predicted octanol–water partition coefficient (Wildman–Crippen LogP) is 2.06. The van der Waals surface area contributed by atoms with Gasteiger partial charge in [-0.15, -0.1) is 0 Å². The molecule has 5 nitrogen and oxygen atoms in total. The molecule has 0 N–H and O–H groups in total. The van der Waals surface area contributed by atoms with Crippen molar-refractivity contribution in [2.45, 2.75) is 45.8 Å². The quantitative estimate of drug-likeness (QED) is 0.789. The van der Waals surface area contributed by atoms with E-state index in [4.69, 9.17) is 9.31 Å². The molecule has 23 heavy (non-hydrogen) atoms. The third kappa shape index (κ3) is 2.60. The van der Waals surface area contributed by atoms with Crippen LogP contribution < -0.4 is 5.46 Å². The number of hydrogen-bond donors (Lipinski definition) is 0. The second kappa shape index (κ2) is 4.85. The molecule has 3 rings (SSSR count). The second-order valence-corrected chi connectivity index (χ2v) is 9.11. The lowest BCUT2D eigenvalue weighted by Crippen LogP contribution is -2.41. The lowest BCUT2D eigenvalue weighted by molar-refractivity contribution is 0.00578. The Morgan fingerprint density at radius 1 is 1.09 bits per heavy atom. The van der Waals surface area contributed by atoms with E-state index in [1.54, 1.807) is 12.3 Å². The summed E-state index contributed by atoms with van der Waals surface area (Å²) in [4.78, 5) is 0. The molecule has 0 amide bonds. The lowest BCUT2D eigenvalue weighted by atomic mass is 9.76. The number of rotatable bonds is 2. The molecule has 1 fully saturated rings. The van der Waals surface area contributed by atoms with Crippen LogP contribution in [-0.4, -0.2) is 37.0 Å². The van der Waals surface area contributed by atoms with Crippen molar-refractivity contribution in [1.82, 2.24) is 3.97 Å². The third-order valence-corrected chi connectivity index (χ3v) is 5.85. The van der Waals surface area contributed by atoms with Gasteiger partial charge in [-0.3, -0.25) is 0 Å². The molecule has 0 aliphatic carbocycles. The van der Waals surface area contributed by atoms with Crippen LogP contribution in [0.15, 0.2) is 24.4 Å². The molecule has 0 bridgehead atoms. The van der Waals surface area contributed by atoms with Gasteiger partial charge >= 0.3 is 7.12 Å². The lowest BCUT2D eigenvalue weighted by Gasteiger charge is -2.32. The topological polar surface area (TPSA) is 57.5 Å². The van der Waals surface area contributed by atoms with E-state index in [1.165, 1.54) is 10.2 Å².